The molecule has 6 nitrogen and oxygen atoms in total. The number of aromatic nitrogens is 2. The monoisotopic (exact) mass is 385 g/mol. The Morgan fingerprint density at radius 3 is 2.78 bits per heavy atom. The Morgan fingerprint density at radius 1 is 1.30 bits per heavy atom. The van der Waals surface area contributed by atoms with E-state index in [0.717, 1.165) is 12.2 Å². The molecule has 3 rings (SSSR count). The SMILES string of the molecule is CCC(C)n1c(SCC(=O)N(C)Cc2ccco2)nc2ccccc2c1=O. The summed E-state index contributed by atoms with van der Waals surface area (Å²) in [6, 6.07) is 11.0. The summed E-state index contributed by atoms with van der Waals surface area (Å²) < 4.78 is 6.99. The van der Waals surface area contributed by atoms with Crippen LogP contribution in [0.25, 0.3) is 10.9 Å². The number of hydrogen-bond donors (Lipinski definition) is 0. The topological polar surface area (TPSA) is 68.3 Å². The molecular weight excluding hydrogens is 362 g/mol. The van der Waals surface area contributed by atoms with Crippen molar-refractivity contribution >= 4 is 28.6 Å². The fraction of sp³-hybridized carbons (Fsp3) is 0.350. The summed E-state index contributed by atoms with van der Waals surface area (Å²) in [6.45, 7) is 4.44. The van der Waals surface area contributed by atoms with E-state index in [4.69, 9.17) is 4.42 Å². The maximum absolute atomic E-state index is 12.9. The van der Waals surface area contributed by atoms with Crippen molar-refractivity contribution in [3.8, 4) is 0 Å². The third kappa shape index (κ3) is 4.24. The molecule has 1 aromatic carbocycles. The van der Waals surface area contributed by atoms with Crippen LogP contribution < -0.4 is 5.56 Å². The number of carbonyl (C=O) groups is 1. The Kier molecular flexibility index (Phi) is 6.01. The van der Waals surface area contributed by atoms with Crippen molar-refractivity contribution < 1.29 is 9.21 Å². The number of nitrogens with zero attached hydrogens (tertiary/aromatic N) is 3. The van der Waals surface area contributed by atoms with Crippen LogP contribution in [0.1, 0.15) is 32.1 Å². The number of furan rings is 1. The average molecular weight is 385 g/mol. The second kappa shape index (κ2) is 8.43. The average Bonchev–Trinajstić information content (AvgIpc) is 3.18. The third-order valence-corrected chi connectivity index (χ3v) is 5.47. The Balaban J connectivity index is 1.83. The van der Waals surface area contributed by atoms with Gasteiger partial charge in [0.2, 0.25) is 5.91 Å². The minimum Gasteiger partial charge on any atom is -0.467 e. The van der Waals surface area contributed by atoms with Crippen molar-refractivity contribution in [1.29, 1.82) is 0 Å². The highest BCUT2D eigenvalue weighted by Gasteiger charge is 2.18. The smallest absolute Gasteiger partial charge is 0.262 e. The van der Waals surface area contributed by atoms with Crippen LogP contribution in [0.5, 0.6) is 0 Å². The lowest BCUT2D eigenvalue weighted by Crippen LogP contribution is -2.29. The van der Waals surface area contributed by atoms with Crippen LogP contribution in [0, 0.1) is 0 Å². The van der Waals surface area contributed by atoms with Gasteiger partial charge < -0.3 is 9.32 Å². The molecule has 27 heavy (non-hydrogen) atoms. The summed E-state index contributed by atoms with van der Waals surface area (Å²) in [5.41, 5.74) is 0.592. The van der Waals surface area contributed by atoms with E-state index in [9.17, 15) is 9.59 Å². The molecule has 1 amide bonds. The van der Waals surface area contributed by atoms with Crippen LogP contribution in [-0.4, -0.2) is 33.2 Å². The highest BCUT2D eigenvalue weighted by atomic mass is 32.2. The van der Waals surface area contributed by atoms with E-state index in [0.29, 0.717) is 22.6 Å². The van der Waals surface area contributed by atoms with Gasteiger partial charge in [-0.05, 0) is 37.6 Å². The molecule has 0 fully saturated rings. The lowest BCUT2D eigenvalue weighted by molar-refractivity contribution is -0.127. The van der Waals surface area contributed by atoms with Crippen molar-refractivity contribution in [2.24, 2.45) is 0 Å². The molecule has 1 unspecified atom stereocenters. The number of thioether (sulfide) groups is 1. The van der Waals surface area contributed by atoms with E-state index in [1.807, 2.05) is 38.1 Å². The van der Waals surface area contributed by atoms with Crippen molar-refractivity contribution in [2.75, 3.05) is 12.8 Å². The molecule has 0 radical (unpaired) electrons. The first kappa shape index (κ1) is 19.2. The van der Waals surface area contributed by atoms with Crippen molar-refractivity contribution in [3.05, 3.63) is 58.8 Å². The fourth-order valence-corrected chi connectivity index (χ4v) is 3.80. The third-order valence-electron chi connectivity index (χ3n) is 4.53. The zero-order valence-corrected chi connectivity index (χ0v) is 16.5. The maximum Gasteiger partial charge on any atom is 0.262 e. The molecule has 3 aromatic rings. The first-order chi connectivity index (χ1) is 13.0. The van der Waals surface area contributed by atoms with Gasteiger partial charge in [-0.3, -0.25) is 14.2 Å². The molecule has 0 aliphatic heterocycles. The van der Waals surface area contributed by atoms with Gasteiger partial charge in [-0.2, -0.15) is 0 Å². The summed E-state index contributed by atoms with van der Waals surface area (Å²) in [4.78, 5) is 31.7. The number of amides is 1. The fourth-order valence-electron chi connectivity index (χ4n) is 2.76. The number of hydrogen-bond acceptors (Lipinski definition) is 5. The molecule has 0 N–H and O–H groups in total. The van der Waals surface area contributed by atoms with Crippen LogP contribution >= 0.6 is 11.8 Å². The van der Waals surface area contributed by atoms with Gasteiger partial charge in [0, 0.05) is 13.1 Å². The standard InChI is InChI=1S/C20H23N3O3S/c1-4-14(2)23-19(25)16-9-5-6-10-17(16)21-20(23)27-13-18(24)22(3)12-15-8-7-11-26-15/h5-11,14H,4,12-13H2,1-3H3. The summed E-state index contributed by atoms with van der Waals surface area (Å²) in [5.74, 6) is 0.893. The van der Waals surface area contributed by atoms with Gasteiger partial charge in [0.05, 0.1) is 29.5 Å². The second-order valence-electron chi connectivity index (χ2n) is 6.46. The van der Waals surface area contributed by atoms with E-state index < -0.39 is 0 Å². The highest BCUT2D eigenvalue weighted by molar-refractivity contribution is 7.99. The second-order valence-corrected chi connectivity index (χ2v) is 7.40. The van der Waals surface area contributed by atoms with Crippen molar-refractivity contribution in [3.63, 3.8) is 0 Å². The molecule has 0 aliphatic carbocycles. The first-order valence-corrected chi connectivity index (χ1v) is 9.90. The molecule has 2 aromatic heterocycles. The Morgan fingerprint density at radius 2 is 2.07 bits per heavy atom. The predicted octanol–water partition coefficient (Wildman–Crippen LogP) is 3.71. The van der Waals surface area contributed by atoms with E-state index in [1.165, 1.54) is 11.8 Å². The lowest BCUT2D eigenvalue weighted by Gasteiger charge is -2.19. The van der Waals surface area contributed by atoms with Crippen molar-refractivity contribution in [2.45, 2.75) is 38.0 Å². The number of carbonyl (C=O) groups excluding carboxylic acids is 1. The minimum absolute atomic E-state index is 0.00746. The minimum atomic E-state index is -0.0613. The molecule has 142 valence electrons. The van der Waals surface area contributed by atoms with Crippen LogP contribution in [0.3, 0.4) is 0 Å². The lowest BCUT2D eigenvalue weighted by atomic mass is 10.2. The molecule has 0 spiro atoms. The zero-order valence-electron chi connectivity index (χ0n) is 15.7. The van der Waals surface area contributed by atoms with Crippen molar-refractivity contribution in [1.82, 2.24) is 14.5 Å². The van der Waals surface area contributed by atoms with Gasteiger partial charge in [0.1, 0.15) is 5.76 Å². The van der Waals surface area contributed by atoms with E-state index in [2.05, 4.69) is 4.98 Å². The Hall–Kier alpha value is -2.54. The summed E-state index contributed by atoms with van der Waals surface area (Å²) >= 11 is 1.30. The molecular formula is C20H23N3O3S. The number of para-hydroxylation sites is 1. The normalized spacial score (nSPS) is 12.3. The highest BCUT2D eigenvalue weighted by Crippen LogP contribution is 2.22. The summed E-state index contributed by atoms with van der Waals surface area (Å²) in [5, 5.41) is 1.18. The molecule has 7 heteroatoms. The largest absolute Gasteiger partial charge is 0.467 e. The van der Waals surface area contributed by atoms with Gasteiger partial charge >= 0.3 is 0 Å². The van der Waals surface area contributed by atoms with Gasteiger partial charge in [-0.15, -0.1) is 0 Å². The van der Waals surface area contributed by atoms with Gasteiger partial charge in [-0.25, -0.2) is 4.98 Å². The molecule has 2 heterocycles. The van der Waals surface area contributed by atoms with Gasteiger partial charge in [-0.1, -0.05) is 30.8 Å². The molecule has 0 saturated carbocycles. The quantitative estimate of drug-likeness (QED) is 0.458. The molecule has 1 atom stereocenters. The predicted molar refractivity (Wildman–Crippen MR) is 107 cm³/mol. The molecule has 0 saturated heterocycles. The van der Waals surface area contributed by atoms with E-state index in [-0.39, 0.29) is 23.3 Å². The number of benzene rings is 1. The first-order valence-electron chi connectivity index (χ1n) is 8.91. The summed E-state index contributed by atoms with van der Waals surface area (Å²) in [7, 11) is 1.74. The number of fused-ring (bicyclic) bond motifs is 1. The van der Waals surface area contributed by atoms with Gasteiger partial charge in [0.25, 0.3) is 5.56 Å². The Labute approximate surface area is 162 Å². The summed E-state index contributed by atoms with van der Waals surface area (Å²) in [6.07, 6.45) is 2.39. The van der Waals surface area contributed by atoms with E-state index in [1.54, 1.807) is 34.9 Å². The maximum atomic E-state index is 12.9. The zero-order chi connectivity index (χ0) is 19.4. The van der Waals surface area contributed by atoms with Crippen LogP contribution in [0.15, 0.2) is 57.0 Å². The van der Waals surface area contributed by atoms with E-state index >= 15 is 0 Å². The van der Waals surface area contributed by atoms with Crippen LogP contribution in [0.4, 0.5) is 0 Å². The molecule has 0 aliphatic rings. The number of rotatable bonds is 7. The van der Waals surface area contributed by atoms with Crippen LogP contribution in [0.2, 0.25) is 0 Å². The Bertz CT molecular complexity index is 982. The van der Waals surface area contributed by atoms with Crippen LogP contribution in [-0.2, 0) is 11.3 Å². The van der Waals surface area contributed by atoms with Gasteiger partial charge in [0.15, 0.2) is 5.16 Å². The molecule has 0 bridgehead atoms.